The lowest BCUT2D eigenvalue weighted by atomic mass is 10.1. The van der Waals surface area contributed by atoms with Gasteiger partial charge in [0.05, 0.1) is 18.4 Å². The average Bonchev–Trinajstić information content (AvgIpc) is 2.28. The van der Waals surface area contributed by atoms with E-state index in [1.54, 1.807) is 6.07 Å². The number of methoxy groups -OCH3 is 1. The first-order valence-corrected chi connectivity index (χ1v) is 5.34. The monoisotopic (exact) mass is 256 g/mol. The lowest BCUT2D eigenvalue weighted by Crippen LogP contribution is -2.18. The Bertz CT molecular complexity index is 435. The summed E-state index contributed by atoms with van der Waals surface area (Å²) in [5, 5.41) is 2.98. The van der Waals surface area contributed by atoms with E-state index in [0.29, 0.717) is 10.7 Å². The number of halogens is 1. The first kappa shape index (κ1) is 13.5. The third-order valence-corrected chi connectivity index (χ3v) is 2.27. The molecule has 0 aliphatic carbocycles. The number of ether oxygens (including phenoxy) is 1. The van der Waals surface area contributed by atoms with Crippen molar-refractivity contribution in [3.8, 4) is 0 Å². The zero-order valence-electron chi connectivity index (χ0n) is 9.33. The molecule has 6 heteroatoms. The largest absolute Gasteiger partial charge is 0.465 e. The van der Waals surface area contributed by atoms with E-state index in [2.05, 4.69) is 10.1 Å². The Hall–Kier alpha value is -1.59. The zero-order chi connectivity index (χ0) is 12.8. The molecule has 92 valence electrons. The lowest BCUT2D eigenvalue weighted by molar-refractivity contribution is -0.116. The SMILES string of the molecule is COC(=O)c1ccc(Cl)cc1NC(=O)CCN. The summed E-state index contributed by atoms with van der Waals surface area (Å²) in [6.07, 6.45) is 0.174. The number of nitrogens with two attached hydrogens (primary N) is 1. The smallest absolute Gasteiger partial charge is 0.339 e. The Kier molecular flexibility index (Phi) is 4.93. The van der Waals surface area contributed by atoms with Crippen molar-refractivity contribution in [1.82, 2.24) is 0 Å². The van der Waals surface area contributed by atoms with Crippen LogP contribution in [0.1, 0.15) is 16.8 Å². The number of rotatable bonds is 4. The summed E-state index contributed by atoms with van der Waals surface area (Å²) in [6.45, 7) is 0.236. The van der Waals surface area contributed by atoms with Crippen molar-refractivity contribution in [2.45, 2.75) is 6.42 Å². The van der Waals surface area contributed by atoms with Crippen molar-refractivity contribution in [3.63, 3.8) is 0 Å². The van der Waals surface area contributed by atoms with E-state index in [0.717, 1.165) is 0 Å². The predicted octanol–water partition coefficient (Wildman–Crippen LogP) is 1.41. The number of carbonyl (C=O) groups is 2. The molecule has 17 heavy (non-hydrogen) atoms. The van der Waals surface area contributed by atoms with Crippen molar-refractivity contribution in [1.29, 1.82) is 0 Å². The fourth-order valence-corrected chi connectivity index (χ4v) is 1.42. The van der Waals surface area contributed by atoms with Gasteiger partial charge in [0.15, 0.2) is 0 Å². The summed E-state index contributed by atoms with van der Waals surface area (Å²) in [6, 6.07) is 4.53. The molecule has 0 aromatic heterocycles. The van der Waals surface area contributed by atoms with E-state index in [-0.39, 0.29) is 24.4 Å². The van der Waals surface area contributed by atoms with Crippen LogP contribution in [0.5, 0.6) is 0 Å². The number of hydrogen-bond donors (Lipinski definition) is 2. The standard InChI is InChI=1S/C11H13ClN2O3/c1-17-11(16)8-3-2-7(12)6-9(8)14-10(15)4-5-13/h2-3,6H,4-5,13H2,1H3,(H,14,15). The van der Waals surface area contributed by atoms with Gasteiger partial charge in [-0.3, -0.25) is 4.79 Å². The van der Waals surface area contributed by atoms with Gasteiger partial charge in [-0.1, -0.05) is 11.6 Å². The van der Waals surface area contributed by atoms with E-state index in [9.17, 15) is 9.59 Å². The number of carbonyl (C=O) groups excluding carboxylic acids is 2. The molecule has 0 spiro atoms. The van der Waals surface area contributed by atoms with Crippen LogP contribution in [0.25, 0.3) is 0 Å². The van der Waals surface area contributed by atoms with Crippen LogP contribution >= 0.6 is 11.6 Å². The first-order valence-electron chi connectivity index (χ1n) is 4.96. The van der Waals surface area contributed by atoms with E-state index in [1.807, 2.05) is 0 Å². The van der Waals surface area contributed by atoms with Gasteiger partial charge in [-0.05, 0) is 18.2 Å². The van der Waals surface area contributed by atoms with Crippen molar-refractivity contribution < 1.29 is 14.3 Å². The second kappa shape index (κ2) is 6.22. The van der Waals surface area contributed by atoms with Crippen molar-refractivity contribution in [2.24, 2.45) is 5.73 Å². The molecule has 0 radical (unpaired) electrons. The van der Waals surface area contributed by atoms with Crippen LogP contribution in [-0.4, -0.2) is 25.5 Å². The maximum absolute atomic E-state index is 11.4. The molecular formula is C11H13ClN2O3. The van der Waals surface area contributed by atoms with E-state index >= 15 is 0 Å². The highest BCUT2D eigenvalue weighted by atomic mass is 35.5. The Morgan fingerprint density at radius 1 is 1.47 bits per heavy atom. The molecule has 0 heterocycles. The molecule has 0 aliphatic heterocycles. The average molecular weight is 257 g/mol. The number of benzene rings is 1. The van der Waals surface area contributed by atoms with Crippen LogP contribution in [-0.2, 0) is 9.53 Å². The van der Waals surface area contributed by atoms with Crippen LogP contribution < -0.4 is 11.1 Å². The third kappa shape index (κ3) is 3.72. The van der Waals surface area contributed by atoms with E-state index < -0.39 is 5.97 Å². The molecule has 0 bridgehead atoms. The minimum atomic E-state index is -0.537. The van der Waals surface area contributed by atoms with Crippen molar-refractivity contribution >= 4 is 29.2 Å². The minimum Gasteiger partial charge on any atom is -0.465 e. The van der Waals surface area contributed by atoms with Crippen LogP contribution in [0.2, 0.25) is 5.02 Å². The molecule has 1 aromatic rings. The predicted molar refractivity (Wildman–Crippen MR) is 65.1 cm³/mol. The van der Waals surface area contributed by atoms with Crippen molar-refractivity contribution in [2.75, 3.05) is 19.0 Å². The normalized spacial score (nSPS) is 9.82. The molecule has 1 amide bonds. The Morgan fingerprint density at radius 2 is 2.18 bits per heavy atom. The molecule has 3 N–H and O–H groups in total. The Balaban J connectivity index is 2.99. The second-order valence-electron chi connectivity index (χ2n) is 3.27. The maximum Gasteiger partial charge on any atom is 0.339 e. The molecule has 0 atom stereocenters. The first-order chi connectivity index (χ1) is 8.08. The summed E-state index contributed by atoms with van der Waals surface area (Å²) >= 11 is 5.80. The molecule has 1 aromatic carbocycles. The summed E-state index contributed by atoms with van der Waals surface area (Å²) < 4.78 is 4.60. The van der Waals surface area contributed by atoms with Gasteiger partial charge in [-0.25, -0.2) is 4.79 Å². The van der Waals surface area contributed by atoms with Gasteiger partial charge >= 0.3 is 5.97 Å². The van der Waals surface area contributed by atoms with Gasteiger partial charge in [0, 0.05) is 18.0 Å². The Morgan fingerprint density at radius 3 is 2.76 bits per heavy atom. The highest BCUT2D eigenvalue weighted by Crippen LogP contribution is 2.22. The highest BCUT2D eigenvalue weighted by molar-refractivity contribution is 6.31. The maximum atomic E-state index is 11.4. The van der Waals surface area contributed by atoms with Crippen LogP contribution in [0.3, 0.4) is 0 Å². The highest BCUT2D eigenvalue weighted by Gasteiger charge is 2.13. The number of nitrogens with one attached hydrogen (secondary N) is 1. The van der Waals surface area contributed by atoms with E-state index in [4.69, 9.17) is 17.3 Å². The fraction of sp³-hybridized carbons (Fsp3) is 0.273. The number of anilines is 1. The molecule has 5 nitrogen and oxygen atoms in total. The van der Waals surface area contributed by atoms with Crippen LogP contribution in [0.15, 0.2) is 18.2 Å². The quantitative estimate of drug-likeness (QED) is 0.798. The fourth-order valence-electron chi connectivity index (χ4n) is 1.25. The number of hydrogen-bond acceptors (Lipinski definition) is 4. The molecule has 0 fully saturated rings. The van der Waals surface area contributed by atoms with Gasteiger partial charge in [0.2, 0.25) is 5.91 Å². The summed E-state index contributed by atoms with van der Waals surface area (Å²) in [5.74, 6) is -0.815. The topological polar surface area (TPSA) is 81.4 Å². The van der Waals surface area contributed by atoms with Gasteiger partial charge in [-0.15, -0.1) is 0 Å². The second-order valence-corrected chi connectivity index (χ2v) is 3.70. The summed E-state index contributed by atoms with van der Waals surface area (Å²) in [7, 11) is 1.27. The molecular weight excluding hydrogens is 244 g/mol. The number of amides is 1. The minimum absolute atomic E-state index is 0.174. The molecule has 0 saturated heterocycles. The van der Waals surface area contributed by atoms with Gasteiger partial charge in [0.25, 0.3) is 0 Å². The van der Waals surface area contributed by atoms with Gasteiger partial charge < -0.3 is 15.8 Å². The molecule has 0 saturated carbocycles. The zero-order valence-corrected chi connectivity index (χ0v) is 10.1. The van der Waals surface area contributed by atoms with Gasteiger partial charge in [0.1, 0.15) is 0 Å². The number of esters is 1. The molecule has 1 rings (SSSR count). The van der Waals surface area contributed by atoms with E-state index in [1.165, 1.54) is 19.2 Å². The van der Waals surface area contributed by atoms with Crippen LogP contribution in [0.4, 0.5) is 5.69 Å². The third-order valence-electron chi connectivity index (χ3n) is 2.03. The Labute approximate surface area is 104 Å². The van der Waals surface area contributed by atoms with Gasteiger partial charge in [-0.2, -0.15) is 0 Å². The lowest BCUT2D eigenvalue weighted by Gasteiger charge is -2.09. The molecule has 0 aliphatic rings. The van der Waals surface area contributed by atoms with Crippen molar-refractivity contribution in [3.05, 3.63) is 28.8 Å². The summed E-state index contributed by atoms with van der Waals surface area (Å²) in [4.78, 5) is 22.8. The molecule has 0 unspecified atom stereocenters. The van der Waals surface area contributed by atoms with Crippen LogP contribution in [0, 0.1) is 0 Å². The summed E-state index contributed by atoms with van der Waals surface area (Å²) in [5.41, 5.74) is 5.83.